The molecule has 4 bridgehead atoms. The van der Waals surface area contributed by atoms with Crippen molar-refractivity contribution in [1.29, 1.82) is 0 Å². The Morgan fingerprint density at radius 3 is 2.48 bits per heavy atom. The Bertz CT molecular complexity index is 815. The number of carbonyl (C=O) groups excluding carboxylic acids is 2. The van der Waals surface area contributed by atoms with Crippen LogP contribution in [-0.4, -0.2) is 41.5 Å². The molecule has 5 nitrogen and oxygen atoms in total. The average molecular weight is 422 g/mol. The van der Waals surface area contributed by atoms with E-state index in [1.54, 1.807) is 7.11 Å². The maximum absolute atomic E-state index is 13.1. The molecule has 5 rings (SSSR count). The van der Waals surface area contributed by atoms with Gasteiger partial charge < -0.3 is 14.0 Å². The Kier molecular flexibility index (Phi) is 5.35. The van der Waals surface area contributed by atoms with Crippen LogP contribution in [0.15, 0.2) is 6.07 Å². The molecule has 0 radical (unpaired) electrons. The number of esters is 1. The molecule has 0 saturated heterocycles. The van der Waals surface area contributed by atoms with E-state index in [4.69, 9.17) is 21.1 Å². The molecule has 0 amide bonds. The third-order valence-electron chi connectivity index (χ3n) is 7.39. The number of rotatable bonds is 7. The molecule has 29 heavy (non-hydrogen) atoms. The molecule has 4 aliphatic carbocycles. The lowest BCUT2D eigenvalue weighted by molar-refractivity contribution is -0.168. The summed E-state index contributed by atoms with van der Waals surface area (Å²) in [4.78, 5) is 25.7. The molecule has 160 valence electrons. The van der Waals surface area contributed by atoms with E-state index >= 15 is 0 Å². The highest BCUT2D eigenvalue weighted by Crippen LogP contribution is 2.64. The first-order valence-corrected chi connectivity index (χ1v) is 11.1. The van der Waals surface area contributed by atoms with Gasteiger partial charge in [-0.25, -0.2) is 0 Å². The fourth-order valence-electron chi connectivity index (χ4n) is 6.80. The second-order valence-electron chi connectivity index (χ2n) is 9.85. The second kappa shape index (κ2) is 7.42. The average Bonchev–Trinajstić information content (AvgIpc) is 2.92. The smallest absolute Gasteiger partial charge is 0.312 e. The van der Waals surface area contributed by atoms with Crippen LogP contribution in [0.3, 0.4) is 0 Å². The van der Waals surface area contributed by atoms with Gasteiger partial charge in [0, 0.05) is 28.9 Å². The first-order chi connectivity index (χ1) is 13.7. The highest BCUT2D eigenvalue weighted by atomic mass is 35.5. The van der Waals surface area contributed by atoms with Gasteiger partial charge in [0.1, 0.15) is 0 Å². The number of hydrogen-bond acceptors (Lipinski definition) is 4. The molecule has 0 spiro atoms. The molecule has 4 aliphatic rings. The van der Waals surface area contributed by atoms with E-state index in [-0.39, 0.29) is 29.3 Å². The number of ketones is 1. The number of alkyl halides is 1. The van der Waals surface area contributed by atoms with Crippen LogP contribution in [0.1, 0.15) is 73.2 Å². The third-order valence-corrected chi connectivity index (χ3v) is 7.83. The van der Waals surface area contributed by atoms with Gasteiger partial charge >= 0.3 is 5.97 Å². The summed E-state index contributed by atoms with van der Waals surface area (Å²) in [6, 6.07) is 2.02. The van der Waals surface area contributed by atoms with Crippen molar-refractivity contribution in [3.8, 4) is 0 Å². The van der Waals surface area contributed by atoms with Crippen molar-refractivity contribution in [2.75, 3.05) is 20.3 Å². The van der Waals surface area contributed by atoms with Gasteiger partial charge in [-0.15, -0.1) is 11.6 Å². The van der Waals surface area contributed by atoms with Crippen LogP contribution in [0.4, 0.5) is 0 Å². The van der Waals surface area contributed by atoms with Crippen LogP contribution in [-0.2, 0) is 14.3 Å². The number of nitrogens with zero attached hydrogens (tertiary/aromatic N) is 1. The summed E-state index contributed by atoms with van der Waals surface area (Å²) in [5, 5.41) is 0. The van der Waals surface area contributed by atoms with E-state index in [0.29, 0.717) is 30.4 Å². The maximum Gasteiger partial charge on any atom is 0.312 e. The number of methoxy groups -OCH3 is 1. The minimum atomic E-state index is -0.476. The van der Waals surface area contributed by atoms with Gasteiger partial charge in [0.05, 0.1) is 18.1 Å². The standard InChI is InChI=1S/C23H32ClNO4/c1-14-5-19(16(3)25(14)15(2)11-28-4)20(26)12-29-21(27)22-7-17-6-18(8-22)10-23(24,9-17)13-22/h5,15,17-18H,6-13H2,1-4H3/t15-,17-,18+,22?,23?/m1/s1. The van der Waals surface area contributed by atoms with Gasteiger partial charge in [-0.1, -0.05) is 0 Å². The molecule has 2 unspecified atom stereocenters. The Morgan fingerprint density at radius 1 is 1.24 bits per heavy atom. The zero-order chi connectivity index (χ0) is 21.0. The lowest BCUT2D eigenvalue weighted by Gasteiger charge is -2.58. The van der Waals surface area contributed by atoms with Crippen LogP contribution in [0, 0.1) is 31.1 Å². The van der Waals surface area contributed by atoms with Crippen LogP contribution in [0.2, 0.25) is 0 Å². The highest BCUT2D eigenvalue weighted by Gasteiger charge is 2.60. The quantitative estimate of drug-likeness (QED) is 0.366. The van der Waals surface area contributed by atoms with E-state index in [9.17, 15) is 9.59 Å². The monoisotopic (exact) mass is 421 g/mol. The Morgan fingerprint density at radius 2 is 1.90 bits per heavy atom. The number of carbonyl (C=O) groups is 2. The summed E-state index contributed by atoms with van der Waals surface area (Å²) >= 11 is 6.83. The van der Waals surface area contributed by atoms with Gasteiger partial charge in [-0.05, 0) is 77.2 Å². The van der Waals surface area contributed by atoms with Crippen molar-refractivity contribution in [2.24, 2.45) is 17.3 Å². The summed E-state index contributed by atoms with van der Waals surface area (Å²) < 4.78 is 13.0. The van der Waals surface area contributed by atoms with Gasteiger partial charge in [-0.2, -0.15) is 0 Å². The van der Waals surface area contributed by atoms with Crippen molar-refractivity contribution in [3.05, 3.63) is 23.0 Å². The molecule has 5 atom stereocenters. The van der Waals surface area contributed by atoms with Crippen molar-refractivity contribution >= 4 is 23.4 Å². The van der Waals surface area contributed by atoms with Crippen LogP contribution in [0.5, 0.6) is 0 Å². The highest BCUT2D eigenvalue weighted by molar-refractivity contribution is 6.24. The van der Waals surface area contributed by atoms with Crippen LogP contribution in [0.25, 0.3) is 0 Å². The molecule has 1 aromatic heterocycles. The zero-order valence-corrected chi connectivity index (χ0v) is 18.7. The first kappa shape index (κ1) is 20.9. The lowest BCUT2D eigenvalue weighted by Crippen LogP contribution is -2.56. The van der Waals surface area contributed by atoms with Gasteiger partial charge in [0.15, 0.2) is 6.61 Å². The molecule has 0 N–H and O–H groups in total. The van der Waals surface area contributed by atoms with E-state index in [0.717, 1.165) is 37.1 Å². The summed E-state index contributed by atoms with van der Waals surface area (Å²) in [6.45, 7) is 6.35. The van der Waals surface area contributed by atoms with Crippen LogP contribution < -0.4 is 0 Å². The number of hydrogen-bond donors (Lipinski definition) is 0. The number of halogens is 1. The summed E-state index contributed by atoms with van der Waals surface area (Å²) in [6.07, 6.45) is 5.66. The van der Waals surface area contributed by atoms with Gasteiger partial charge in [0.25, 0.3) is 0 Å². The van der Waals surface area contributed by atoms with Crippen molar-refractivity contribution in [2.45, 2.75) is 70.2 Å². The number of aryl methyl sites for hydroxylation is 1. The lowest BCUT2D eigenvalue weighted by atomic mass is 9.49. The maximum atomic E-state index is 13.1. The largest absolute Gasteiger partial charge is 0.457 e. The fourth-order valence-corrected chi connectivity index (χ4v) is 7.50. The topological polar surface area (TPSA) is 57.5 Å². The molecular weight excluding hydrogens is 390 g/mol. The molecule has 0 aromatic carbocycles. The first-order valence-electron chi connectivity index (χ1n) is 10.7. The molecule has 1 heterocycles. The second-order valence-corrected chi connectivity index (χ2v) is 10.7. The number of Topliss-reactive ketones (excluding diaryl/α,β-unsaturated/α-hetero) is 1. The zero-order valence-electron chi connectivity index (χ0n) is 17.9. The Hall–Kier alpha value is -1.33. The molecule has 0 aliphatic heterocycles. The molecule has 4 saturated carbocycles. The molecular formula is C23H32ClNO4. The van der Waals surface area contributed by atoms with Crippen molar-refractivity contribution < 1.29 is 19.1 Å². The van der Waals surface area contributed by atoms with E-state index in [1.165, 1.54) is 6.42 Å². The van der Waals surface area contributed by atoms with Gasteiger partial charge in [-0.3, -0.25) is 9.59 Å². The molecule has 6 heteroatoms. The minimum absolute atomic E-state index is 0.135. The number of ether oxygens (including phenoxy) is 2. The summed E-state index contributed by atoms with van der Waals surface area (Å²) in [7, 11) is 1.67. The summed E-state index contributed by atoms with van der Waals surface area (Å²) in [5.41, 5.74) is 2.04. The predicted molar refractivity (Wildman–Crippen MR) is 111 cm³/mol. The molecule has 1 aromatic rings. The van der Waals surface area contributed by atoms with E-state index < -0.39 is 5.41 Å². The van der Waals surface area contributed by atoms with Crippen LogP contribution >= 0.6 is 11.6 Å². The Balaban J connectivity index is 1.44. The summed E-state index contributed by atoms with van der Waals surface area (Å²) in [5.74, 6) is 0.690. The molecule has 4 fully saturated rings. The fraction of sp³-hybridized carbons (Fsp3) is 0.739. The van der Waals surface area contributed by atoms with Crippen molar-refractivity contribution in [3.63, 3.8) is 0 Å². The minimum Gasteiger partial charge on any atom is -0.457 e. The SMILES string of the molecule is COC[C@@H](C)n1c(C)cc(C(=O)COC(=O)C23C[C@@H]4C[C@@H](CC(Cl)(C4)C2)C3)c1C. The predicted octanol–water partition coefficient (Wildman–Crippen LogP) is 4.62. The van der Waals surface area contributed by atoms with Gasteiger partial charge in [0.2, 0.25) is 5.78 Å². The van der Waals surface area contributed by atoms with E-state index in [2.05, 4.69) is 11.5 Å². The Labute approximate surface area is 178 Å². The van der Waals surface area contributed by atoms with E-state index in [1.807, 2.05) is 19.9 Å². The normalized spacial score (nSPS) is 33.7. The third kappa shape index (κ3) is 3.65. The number of aromatic nitrogens is 1. The van der Waals surface area contributed by atoms with Crippen molar-refractivity contribution in [1.82, 2.24) is 4.57 Å².